The Morgan fingerprint density at radius 1 is 1.40 bits per heavy atom. The van der Waals surface area contributed by atoms with Gasteiger partial charge in [0, 0.05) is 18.1 Å². The van der Waals surface area contributed by atoms with E-state index in [0.29, 0.717) is 5.41 Å². The van der Waals surface area contributed by atoms with Crippen LogP contribution >= 0.6 is 15.9 Å². The molecule has 114 valence electrons. The Kier molecular flexibility index (Phi) is 5.71. The predicted molar refractivity (Wildman–Crippen MR) is 89.4 cm³/mol. The summed E-state index contributed by atoms with van der Waals surface area (Å²) < 4.78 is 2.07. The Morgan fingerprint density at radius 3 is 2.60 bits per heavy atom. The molecule has 0 atom stereocenters. The van der Waals surface area contributed by atoms with Gasteiger partial charge in [-0.15, -0.1) is 0 Å². The Morgan fingerprint density at radius 2 is 2.10 bits per heavy atom. The SMILES string of the molecule is CCCCC1CCC(CBr)(Cc2cc(C)nn2C)CC1. The molecule has 0 saturated heterocycles. The number of unbranched alkanes of at least 4 members (excludes halogenated alkanes) is 1. The third kappa shape index (κ3) is 3.87. The van der Waals surface area contributed by atoms with E-state index < -0.39 is 0 Å². The van der Waals surface area contributed by atoms with E-state index in [2.05, 4.69) is 52.7 Å². The van der Waals surface area contributed by atoms with Crippen LogP contribution in [0.3, 0.4) is 0 Å². The van der Waals surface area contributed by atoms with Gasteiger partial charge in [0.05, 0.1) is 5.69 Å². The zero-order valence-corrected chi connectivity index (χ0v) is 14.9. The molecular formula is C17H29BrN2. The summed E-state index contributed by atoms with van der Waals surface area (Å²) in [5, 5.41) is 5.63. The van der Waals surface area contributed by atoms with Crippen LogP contribution < -0.4 is 0 Å². The molecule has 1 fully saturated rings. The van der Waals surface area contributed by atoms with Gasteiger partial charge >= 0.3 is 0 Å². The molecule has 0 unspecified atom stereocenters. The van der Waals surface area contributed by atoms with Gasteiger partial charge in [0.2, 0.25) is 0 Å². The van der Waals surface area contributed by atoms with Crippen LogP contribution in [0.5, 0.6) is 0 Å². The van der Waals surface area contributed by atoms with E-state index in [4.69, 9.17) is 0 Å². The monoisotopic (exact) mass is 340 g/mol. The minimum Gasteiger partial charge on any atom is -0.272 e. The predicted octanol–water partition coefficient (Wildman–Crippen LogP) is 5.03. The second-order valence-corrected chi connectivity index (χ2v) is 7.36. The molecule has 0 aromatic carbocycles. The molecule has 0 aliphatic heterocycles. The van der Waals surface area contributed by atoms with Gasteiger partial charge in [-0.2, -0.15) is 5.10 Å². The van der Waals surface area contributed by atoms with Gasteiger partial charge in [-0.05, 0) is 56.4 Å². The molecule has 1 aromatic rings. The first-order valence-electron chi connectivity index (χ1n) is 8.14. The summed E-state index contributed by atoms with van der Waals surface area (Å²) in [5.74, 6) is 0.982. The van der Waals surface area contributed by atoms with E-state index in [1.54, 1.807) is 0 Å². The fraction of sp³-hybridized carbons (Fsp3) is 0.824. The Labute approximate surface area is 132 Å². The Bertz CT molecular complexity index is 417. The maximum atomic E-state index is 4.50. The van der Waals surface area contributed by atoms with Gasteiger partial charge in [-0.25, -0.2) is 0 Å². The van der Waals surface area contributed by atoms with Gasteiger partial charge in [-0.3, -0.25) is 4.68 Å². The Balaban J connectivity index is 1.96. The maximum Gasteiger partial charge on any atom is 0.0596 e. The van der Waals surface area contributed by atoms with Crippen molar-refractivity contribution in [2.45, 2.75) is 65.2 Å². The molecule has 1 aliphatic rings. The zero-order chi connectivity index (χ0) is 14.6. The van der Waals surface area contributed by atoms with Crippen molar-refractivity contribution in [3.8, 4) is 0 Å². The molecule has 3 heteroatoms. The number of hydrogen-bond acceptors (Lipinski definition) is 1. The molecule has 0 spiro atoms. The lowest BCUT2D eigenvalue weighted by molar-refractivity contribution is 0.166. The average Bonchev–Trinajstić information content (AvgIpc) is 2.76. The number of rotatable bonds is 6. The molecule has 2 nitrogen and oxygen atoms in total. The average molecular weight is 341 g/mol. The van der Waals surface area contributed by atoms with Crippen LogP contribution in [0.2, 0.25) is 0 Å². The van der Waals surface area contributed by atoms with E-state index in [9.17, 15) is 0 Å². The van der Waals surface area contributed by atoms with Crippen LogP contribution in [0.1, 0.15) is 63.3 Å². The van der Waals surface area contributed by atoms with E-state index in [0.717, 1.165) is 16.9 Å². The highest BCUT2D eigenvalue weighted by atomic mass is 79.9. The summed E-state index contributed by atoms with van der Waals surface area (Å²) in [6.45, 7) is 4.39. The number of alkyl halides is 1. The molecule has 1 aromatic heterocycles. The highest BCUT2D eigenvalue weighted by Gasteiger charge is 2.35. The molecule has 0 radical (unpaired) electrons. The number of aromatic nitrogens is 2. The molecular weight excluding hydrogens is 312 g/mol. The second-order valence-electron chi connectivity index (χ2n) is 6.80. The van der Waals surface area contributed by atoms with E-state index in [1.165, 1.54) is 57.1 Å². The zero-order valence-electron chi connectivity index (χ0n) is 13.3. The van der Waals surface area contributed by atoms with Crippen LogP contribution in [-0.4, -0.2) is 15.1 Å². The first-order chi connectivity index (χ1) is 9.58. The number of aryl methyl sites for hydroxylation is 2. The number of hydrogen-bond donors (Lipinski definition) is 0. The summed E-state index contributed by atoms with van der Waals surface area (Å²) in [6, 6.07) is 2.26. The highest BCUT2D eigenvalue weighted by Crippen LogP contribution is 2.44. The first-order valence-corrected chi connectivity index (χ1v) is 9.26. The molecule has 0 bridgehead atoms. The van der Waals surface area contributed by atoms with Crippen molar-refractivity contribution in [3.05, 3.63) is 17.5 Å². The first kappa shape index (κ1) is 16.1. The standard InChI is InChI=1S/C17H29BrN2/c1-4-5-6-15-7-9-17(13-18,10-8-15)12-16-11-14(2)19-20(16)3/h11,15H,4-10,12-13H2,1-3H3. The van der Waals surface area contributed by atoms with Gasteiger partial charge < -0.3 is 0 Å². The van der Waals surface area contributed by atoms with Crippen LogP contribution in [0.15, 0.2) is 6.07 Å². The van der Waals surface area contributed by atoms with E-state index in [-0.39, 0.29) is 0 Å². The molecule has 1 heterocycles. The molecule has 20 heavy (non-hydrogen) atoms. The summed E-state index contributed by atoms with van der Waals surface area (Å²) >= 11 is 3.80. The van der Waals surface area contributed by atoms with Gasteiger partial charge in [0.15, 0.2) is 0 Å². The lowest BCUT2D eigenvalue weighted by atomic mass is 9.68. The molecule has 1 aliphatic carbocycles. The fourth-order valence-corrected chi connectivity index (χ4v) is 4.40. The summed E-state index contributed by atoms with van der Waals surface area (Å²) in [5.41, 5.74) is 3.00. The highest BCUT2D eigenvalue weighted by molar-refractivity contribution is 9.09. The molecule has 0 N–H and O–H groups in total. The topological polar surface area (TPSA) is 17.8 Å². The van der Waals surface area contributed by atoms with E-state index >= 15 is 0 Å². The van der Waals surface area contributed by atoms with E-state index in [1.807, 2.05) is 0 Å². The summed E-state index contributed by atoms with van der Waals surface area (Å²) in [6.07, 6.45) is 11.0. The van der Waals surface area contributed by atoms with Crippen LogP contribution in [0.4, 0.5) is 0 Å². The lowest BCUT2D eigenvalue weighted by Crippen LogP contribution is -2.32. The van der Waals surface area contributed by atoms with Crippen molar-refractivity contribution in [1.29, 1.82) is 0 Å². The maximum absolute atomic E-state index is 4.50. The van der Waals surface area contributed by atoms with Crippen LogP contribution in [0, 0.1) is 18.3 Å². The molecule has 2 rings (SSSR count). The van der Waals surface area contributed by atoms with Crippen molar-refractivity contribution in [1.82, 2.24) is 9.78 Å². The minimum absolute atomic E-state index is 0.461. The minimum atomic E-state index is 0.461. The third-order valence-electron chi connectivity index (χ3n) is 5.07. The van der Waals surface area contributed by atoms with Crippen molar-refractivity contribution < 1.29 is 0 Å². The second kappa shape index (κ2) is 7.11. The molecule has 0 amide bonds. The van der Waals surface area contributed by atoms with Crippen LogP contribution in [-0.2, 0) is 13.5 Å². The van der Waals surface area contributed by atoms with Gasteiger partial charge in [0.25, 0.3) is 0 Å². The lowest BCUT2D eigenvalue weighted by Gasteiger charge is -2.39. The Hall–Kier alpha value is -0.310. The van der Waals surface area contributed by atoms with Crippen molar-refractivity contribution in [2.24, 2.45) is 18.4 Å². The van der Waals surface area contributed by atoms with Crippen molar-refractivity contribution >= 4 is 15.9 Å². The van der Waals surface area contributed by atoms with Gasteiger partial charge in [-0.1, -0.05) is 42.1 Å². The quantitative estimate of drug-likeness (QED) is 0.664. The fourth-order valence-electron chi connectivity index (χ4n) is 3.64. The largest absolute Gasteiger partial charge is 0.272 e. The third-order valence-corrected chi connectivity index (χ3v) is 6.26. The molecule has 1 saturated carbocycles. The van der Waals surface area contributed by atoms with Gasteiger partial charge in [0.1, 0.15) is 0 Å². The normalized spacial score (nSPS) is 26.9. The van der Waals surface area contributed by atoms with Crippen LogP contribution in [0.25, 0.3) is 0 Å². The van der Waals surface area contributed by atoms with Crippen molar-refractivity contribution in [2.75, 3.05) is 5.33 Å². The van der Waals surface area contributed by atoms with Crippen molar-refractivity contribution in [3.63, 3.8) is 0 Å². The summed E-state index contributed by atoms with van der Waals surface area (Å²) in [7, 11) is 2.08. The number of halogens is 1. The smallest absolute Gasteiger partial charge is 0.0596 e. The summed E-state index contributed by atoms with van der Waals surface area (Å²) in [4.78, 5) is 0. The number of nitrogens with zero attached hydrogens (tertiary/aromatic N) is 2.